The molecule has 2 N–H and O–H groups in total. The molecule has 0 radical (unpaired) electrons. The van der Waals surface area contributed by atoms with Crippen LogP contribution in [0.5, 0.6) is 0 Å². The van der Waals surface area contributed by atoms with Gasteiger partial charge in [0.15, 0.2) is 0 Å². The Labute approximate surface area is 136 Å². The number of amides is 2. The number of nitrogens with one attached hydrogen (secondary N) is 2. The second kappa shape index (κ2) is 8.73. The Hall–Kier alpha value is -2.62. The predicted molar refractivity (Wildman–Crippen MR) is 90.9 cm³/mol. The Bertz CT molecular complexity index is 626. The highest BCUT2D eigenvalue weighted by molar-refractivity contribution is 5.87. The van der Waals surface area contributed by atoms with Gasteiger partial charge in [0.1, 0.15) is 6.04 Å². The summed E-state index contributed by atoms with van der Waals surface area (Å²) < 4.78 is 0. The van der Waals surface area contributed by atoms with Gasteiger partial charge in [0.05, 0.1) is 0 Å². The maximum absolute atomic E-state index is 12.3. The van der Waals surface area contributed by atoms with Crippen molar-refractivity contribution in [3.8, 4) is 0 Å². The van der Waals surface area contributed by atoms with E-state index in [4.69, 9.17) is 0 Å². The Morgan fingerprint density at radius 2 is 1.48 bits per heavy atom. The van der Waals surface area contributed by atoms with Gasteiger partial charge in [-0.15, -0.1) is 0 Å². The highest BCUT2D eigenvalue weighted by Crippen LogP contribution is 2.04. The molecule has 23 heavy (non-hydrogen) atoms. The molecule has 0 saturated heterocycles. The third-order valence-electron chi connectivity index (χ3n) is 3.53. The molecule has 0 fully saturated rings. The van der Waals surface area contributed by atoms with Crippen molar-refractivity contribution in [2.45, 2.75) is 25.8 Å². The van der Waals surface area contributed by atoms with E-state index in [1.165, 1.54) is 12.5 Å². The van der Waals surface area contributed by atoms with Crippen LogP contribution in [0.4, 0.5) is 0 Å². The lowest BCUT2D eigenvalue weighted by molar-refractivity contribution is -0.128. The van der Waals surface area contributed by atoms with Crippen molar-refractivity contribution in [1.82, 2.24) is 10.6 Å². The minimum atomic E-state index is -0.550. The second-order valence-corrected chi connectivity index (χ2v) is 5.47. The molecule has 2 rings (SSSR count). The summed E-state index contributed by atoms with van der Waals surface area (Å²) in [6, 6.07) is 19.1. The van der Waals surface area contributed by atoms with Gasteiger partial charge >= 0.3 is 0 Å². The van der Waals surface area contributed by atoms with Gasteiger partial charge in [0, 0.05) is 19.9 Å². The minimum absolute atomic E-state index is 0.153. The molecule has 0 aliphatic heterocycles. The third kappa shape index (κ3) is 5.94. The normalized spacial score (nSPS) is 11.5. The molecule has 2 aromatic rings. The van der Waals surface area contributed by atoms with Crippen LogP contribution in [0.2, 0.25) is 0 Å². The molecule has 0 bridgehead atoms. The molecule has 0 saturated carbocycles. The number of hydrogen-bond acceptors (Lipinski definition) is 2. The lowest BCUT2D eigenvalue weighted by Crippen LogP contribution is -2.47. The molecule has 4 nitrogen and oxygen atoms in total. The van der Waals surface area contributed by atoms with Crippen LogP contribution in [0, 0.1) is 0 Å². The van der Waals surface area contributed by atoms with Crippen LogP contribution in [0.1, 0.15) is 18.1 Å². The fourth-order valence-corrected chi connectivity index (χ4v) is 2.40. The van der Waals surface area contributed by atoms with E-state index in [-0.39, 0.29) is 11.8 Å². The summed E-state index contributed by atoms with van der Waals surface area (Å²) in [6.45, 7) is 1.98. The molecule has 4 heteroatoms. The molecule has 0 spiro atoms. The van der Waals surface area contributed by atoms with Gasteiger partial charge in [-0.2, -0.15) is 0 Å². The van der Waals surface area contributed by atoms with Crippen LogP contribution in [0.3, 0.4) is 0 Å². The van der Waals surface area contributed by atoms with E-state index in [1.54, 1.807) is 0 Å². The highest BCUT2D eigenvalue weighted by atomic mass is 16.2. The smallest absolute Gasteiger partial charge is 0.242 e. The summed E-state index contributed by atoms with van der Waals surface area (Å²) in [5.74, 6) is -0.357. The van der Waals surface area contributed by atoms with Crippen LogP contribution >= 0.6 is 0 Å². The average Bonchev–Trinajstić information content (AvgIpc) is 2.56. The van der Waals surface area contributed by atoms with E-state index in [0.717, 1.165) is 12.0 Å². The van der Waals surface area contributed by atoms with E-state index >= 15 is 0 Å². The van der Waals surface area contributed by atoms with Gasteiger partial charge in [-0.25, -0.2) is 0 Å². The lowest BCUT2D eigenvalue weighted by Gasteiger charge is -2.17. The first-order valence-corrected chi connectivity index (χ1v) is 7.78. The zero-order valence-corrected chi connectivity index (χ0v) is 13.3. The SMILES string of the molecule is CC(=O)N[C@@H](Cc1ccccc1)C(=O)NCCc1ccccc1. The van der Waals surface area contributed by atoms with E-state index < -0.39 is 6.04 Å². The molecule has 0 aliphatic carbocycles. The first-order valence-electron chi connectivity index (χ1n) is 7.78. The van der Waals surface area contributed by atoms with Crippen molar-refractivity contribution in [2.75, 3.05) is 6.54 Å². The van der Waals surface area contributed by atoms with Gasteiger partial charge < -0.3 is 10.6 Å². The standard InChI is InChI=1S/C19H22N2O2/c1-15(22)21-18(14-17-10-6-3-7-11-17)19(23)20-13-12-16-8-4-2-5-9-16/h2-11,18H,12-14H2,1H3,(H,20,23)(H,21,22)/t18-/m0/s1. The maximum atomic E-state index is 12.3. The fourth-order valence-electron chi connectivity index (χ4n) is 2.40. The van der Waals surface area contributed by atoms with Crippen molar-refractivity contribution < 1.29 is 9.59 Å². The summed E-state index contributed by atoms with van der Waals surface area (Å²) in [5, 5.41) is 5.63. The fraction of sp³-hybridized carbons (Fsp3) is 0.263. The Kier molecular flexibility index (Phi) is 6.36. The van der Waals surface area contributed by atoms with Crippen molar-refractivity contribution in [3.63, 3.8) is 0 Å². The van der Waals surface area contributed by atoms with Gasteiger partial charge in [-0.1, -0.05) is 60.7 Å². The third-order valence-corrected chi connectivity index (χ3v) is 3.53. The quantitative estimate of drug-likeness (QED) is 0.823. The molecule has 2 aromatic carbocycles. The average molecular weight is 310 g/mol. The Morgan fingerprint density at radius 1 is 0.913 bits per heavy atom. The van der Waals surface area contributed by atoms with Crippen LogP contribution in [-0.4, -0.2) is 24.4 Å². The van der Waals surface area contributed by atoms with Crippen molar-refractivity contribution >= 4 is 11.8 Å². The largest absolute Gasteiger partial charge is 0.354 e. The molecule has 120 valence electrons. The lowest BCUT2D eigenvalue weighted by atomic mass is 10.0. The summed E-state index contributed by atoms with van der Waals surface area (Å²) >= 11 is 0. The van der Waals surface area contributed by atoms with Crippen LogP contribution in [0.15, 0.2) is 60.7 Å². The number of carbonyl (C=O) groups excluding carboxylic acids is 2. The number of hydrogen-bond donors (Lipinski definition) is 2. The van der Waals surface area contributed by atoms with Crippen molar-refractivity contribution in [2.24, 2.45) is 0 Å². The van der Waals surface area contributed by atoms with Crippen LogP contribution < -0.4 is 10.6 Å². The first-order chi connectivity index (χ1) is 11.1. The van der Waals surface area contributed by atoms with E-state index in [0.29, 0.717) is 13.0 Å². The molecular weight excluding hydrogens is 288 g/mol. The van der Waals surface area contributed by atoms with E-state index in [9.17, 15) is 9.59 Å². The van der Waals surface area contributed by atoms with Crippen molar-refractivity contribution in [1.29, 1.82) is 0 Å². The maximum Gasteiger partial charge on any atom is 0.242 e. The molecule has 0 unspecified atom stereocenters. The van der Waals surface area contributed by atoms with Crippen molar-refractivity contribution in [3.05, 3.63) is 71.8 Å². The number of rotatable bonds is 7. The monoisotopic (exact) mass is 310 g/mol. The second-order valence-electron chi connectivity index (χ2n) is 5.47. The van der Waals surface area contributed by atoms with Crippen LogP contribution in [-0.2, 0) is 22.4 Å². The molecule has 0 aromatic heterocycles. The number of benzene rings is 2. The van der Waals surface area contributed by atoms with Gasteiger partial charge in [-0.05, 0) is 17.5 Å². The van der Waals surface area contributed by atoms with Crippen LogP contribution in [0.25, 0.3) is 0 Å². The summed E-state index contributed by atoms with van der Waals surface area (Å²) in [5.41, 5.74) is 2.19. The summed E-state index contributed by atoms with van der Waals surface area (Å²) in [4.78, 5) is 23.7. The molecule has 0 heterocycles. The number of carbonyl (C=O) groups is 2. The van der Waals surface area contributed by atoms with Gasteiger partial charge in [0.25, 0.3) is 0 Å². The predicted octanol–water partition coefficient (Wildman–Crippen LogP) is 2.09. The zero-order valence-electron chi connectivity index (χ0n) is 13.3. The minimum Gasteiger partial charge on any atom is -0.354 e. The van der Waals surface area contributed by atoms with E-state index in [1.807, 2.05) is 60.7 Å². The molecule has 1 atom stereocenters. The molecule has 2 amide bonds. The Balaban J connectivity index is 1.89. The topological polar surface area (TPSA) is 58.2 Å². The highest BCUT2D eigenvalue weighted by Gasteiger charge is 2.19. The molecular formula is C19H22N2O2. The summed E-state index contributed by atoms with van der Waals surface area (Å²) in [7, 11) is 0. The zero-order chi connectivity index (χ0) is 16.5. The summed E-state index contributed by atoms with van der Waals surface area (Å²) in [6.07, 6.45) is 1.25. The van der Waals surface area contributed by atoms with E-state index in [2.05, 4.69) is 10.6 Å². The Morgan fingerprint density at radius 3 is 2.04 bits per heavy atom. The first kappa shape index (κ1) is 16.7. The van der Waals surface area contributed by atoms with Gasteiger partial charge in [0.2, 0.25) is 11.8 Å². The van der Waals surface area contributed by atoms with Gasteiger partial charge in [-0.3, -0.25) is 9.59 Å². The molecule has 0 aliphatic rings.